The van der Waals surface area contributed by atoms with Crippen molar-refractivity contribution in [3.63, 3.8) is 0 Å². The summed E-state index contributed by atoms with van der Waals surface area (Å²) in [6.07, 6.45) is 55.3. The lowest BCUT2D eigenvalue weighted by molar-refractivity contribution is -0.161. The number of carbonyl (C=O) groups is 2. The molecule has 0 saturated carbocycles. The van der Waals surface area contributed by atoms with Gasteiger partial charge in [0, 0.05) is 12.8 Å². The molecule has 0 aromatic heterocycles. The van der Waals surface area contributed by atoms with Crippen molar-refractivity contribution < 1.29 is 43.0 Å². The van der Waals surface area contributed by atoms with Gasteiger partial charge in [0.15, 0.2) is 6.10 Å². The minimum absolute atomic E-state index is 0.0763. The molecule has 0 saturated heterocycles. The van der Waals surface area contributed by atoms with E-state index >= 15 is 0 Å². The van der Waals surface area contributed by atoms with E-state index in [4.69, 9.17) is 19.3 Å². The molecule has 57 heavy (non-hydrogen) atoms. The van der Waals surface area contributed by atoms with Crippen LogP contribution >= 0.6 is 7.82 Å². The predicted molar refractivity (Wildman–Crippen MR) is 235 cm³/mol. The van der Waals surface area contributed by atoms with Gasteiger partial charge in [-0.1, -0.05) is 155 Å². The molecule has 0 aliphatic rings. The van der Waals surface area contributed by atoms with Crippen molar-refractivity contribution in [2.45, 2.75) is 148 Å². The van der Waals surface area contributed by atoms with Crippen LogP contribution in [0.4, 0.5) is 0 Å². The van der Waals surface area contributed by atoms with Crippen molar-refractivity contribution >= 4 is 19.8 Å². The topological polar surface area (TPSA) is 140 Å². The second kappa shape index (κ2) is 40.6. The first-order valence-corrected chi connectivity index (χ1v) is 22.5. The molecule has 0 fully saturated rings. The van der Waals surface area contributed by atoms with Crippen molar-refractivity contribution in [3.8, 4) is 0 Å². The fourth-order valence-corrected chi connectivity index (χ4v) is 5.29. The van der Waals surface area contributed by atoms with Gasteiger partial charge in [0.2, 0.25) is 0 Å². The molecule has 0 bridgehead atoms. The Hall–Kier alpha value is -3.59. The maximum atomic E-state index is 12.4. The molecule has 0 spiro atoms. The molecule has 0 rings (SSSR count). The van der Waals surface area contributed by atoms with Gasteiger partial charge in [-0.3, -0.25) is 14.1 Å². The Balaban J connectivity index is 4.26. The molecule has 0 radical (unpaired) electrons. The summed E-state index contributed by atoms with van der Waals surface area (Å²) in [5.74, 6) is -1.22. The highest BCUT2D eigenvalue weighted by Gasteiger charge is 2.23. The molecular formula is C47H73O9P. The summed E-state index contributed by atoms with van der Waals surface area (Å²) in [7, 11) is -4.84. The summed E-state index contributed by atoms with van der Waals surface area (Å²) in [4.78, 5) is 42.9. The lowest BCUT2D eigenvalue weighted by Crippen LogP contribution is -2.29. The largest absolute Gasteiger partial charge is 0.469 e. The van der Waals surface area contributed by atoms with Crippen LogP contribution in [0.3, 0.4) is 0 Å². The number of rotatable bonds is 36. The molecule has 0 aliphatic heterocycles. The van der Waals surface area contributed by atoms with E-state index in [2.05, 4.69) is 116 Å². The summed E-state index contributed by atoms with van der Waals surface area (Å²) < 4.78 is 26.2. The number of carbonyl (C=O) groups excluding carboxylic acids is 2. The Morgan fingerprint density at radius 2 is 1.05 bits per heavy atom. The van der Waals surface area contributed by atoms with Crippen LogP contribution in [-0.4, -0.2) is 52.3 Å². The zero-order valence-electron chi connectivity index (χ0n) is 34.8. The number of aliphatic hydroxyl groups excluding tert-OH is 1. The van der Waals surface area contributed by atoms with E-state index in [1.165, 1.54) is 25.7 Å². The van der Waals surface area contributed by atoms with Crippen molar-refractivity contribution in [2.75, 3.05) is 13.2 Å². The van der Waals surface area contributed by atoms with E-state index < -0.39 is 45.2 Å². The van der Waals surface area contributed by atoms with Crippen LogP contribution in [0.2, 0.25) is 0 Å². The number of ether oxygens (including phenoxy) is 2. The molecule has 0 aliphatic carbocycles. The maximum absolute atomic E-state index is 12.4. The lowest BCUT2D eigenvalue weighted by Gasteiger charge is -2.18. The molecule has 9 nitrogen and oxygen atoms in total. The Bertz CT molecular complexity index is 1340. The monoisotopic (exact) mass is 812 g/mol. The first kappa shape index (κ1) is 53.4. The summed E-state index contributed by atoms with van der Waals surface area (Å²) in [6, 6.07) is 0. The van der Waals surface area contributed by atoms with Crippen LogP contribution in [0, 0.1) is 0 Å². The predicted octanol–water partition coefficient (Wildman–Crippen LogP) is 11.9. The average molecular weight is 813 g/mol. The summed E-state index contributed by atoms with van der Waals surface area (Å²) >= 11 is 0. The van der Waals surface area contributed by atoms with Gasteiger partial charge >= 0.3 is 19.8 Å². The fourth-order valence-electron chi connectivity index (χ4n) is 4.93. The van der Waals surface area contributed by atoms with Crippen molar-refractivity contribution in [1.82, 2.24) is 0 Å². The van der Waals surface area contributed by atoms with Gasteiger partial charge < -0.3 is 24.4 Å². The minimum atomic E-state index is -4.84. The van der Waals surface area contributed by atoms with Gasteiger partial charge in [0.05, 0.1) is 12.7 Å². The van der Waals surface area contributed by atoms with E-state index in [-0.39, 0.29) is 19.3 Å². The highest BCUT2D eigenvalue weighted by molar-refractivity contribution is 7.46. The van der Waals surface area contributed by atoms with E-state index in [9.17, 15) is 19.3 Å². The number of phosphoric ester groups is 1. The number of unbranched alkanes of at least 4 members (excludes halogenated alkanes) is 6. The Morgan fingerprint density at radius 3 is 1.56 bits per heavy atom. The minimum Gasteiger partial charge on any atom is -0.462 e. The van der Waals surface area contributed by atoms with E-state index in [0.29, 0.717) is 6.42 Å². The molecule has 0 heterocycles. The highest BCUT2D eigenvalue weighted by atomic mass is 31.2. The van der Waals surface area contributed by atoms with Crippen LogP contribution in [0.5, 0.6) is 0 Å². The number of aliphatic hydroxyl groups is 1. The lowest BCUT2D eigenvalue weighted by atomic mass is 10.1. The zero-order valence-corrected chi connectivity index (χ0v) is 35.7. The summed E-state index contributed by atoms with van der Waals surface area (Å²) in [6.45, 7) is 3.29. The van der Waals surface area contributed by atoms with Gasteiger partial charge in [-0.2, -0.15) is 0 Å². The van der Waals surface area contributed by atoms with Crippen LogP contribution in [0.15, 0.2) is 122 Å². The molecule has 0 aromatic carbocycles. The molecule has 0 amide bonds. The fraction of sp³-hybridized carbons (Fsp3) is 0.532. The van der Waals surface area contributed by atoms with Crippen LogP contribution in [0.1, 0.15) is 136 Å². The van der Waals surface area contributed by atoms with Crippen molar-refractivity contribution in [3.05, 3.63) is 122 Å². The summed E-state index contributed by atoms with van der Waals surface area (Å²) in [5.41, 5.74) is 0. The second-order valence-corrected chi connectivity index (χ2v) is 14.7. The zero-order chi connectivity index (χ0) is 41.9. The van der Waals surface area contributed by atoms with Crippen LogP contribution in [0.25, 0.3) is 0 Å². The van der Waals surface area contributed by atoms with Crippen LogP contribution in [-0.2, 0) is 28.2 Å². The third-order valence-corrected chi connectivity index (χ3v) is 8.57. The Morgan fingerprint density at radius 1 is 0.561 bits per heavy atom. The third kappa shape index (κ3) is 43.4. The number of esters is 2. The number of phosphoric acid groups is 1. The Kier molecular flexibility index (Phi) is 38.0. The third-order valence-electron chi connectivity index (χ3n) is 8.08. The maximum Gasteiger partial charge on any atom is 0.469 e. The van der Waals surface area contributed by atoms with Crippen molar-refractivity contribution in [2.24, 2.45) is 0 Å². The van der Waals surface area contributed by atoms with E-state index in [0.717, 1.165) is 70.6 Å². The number of hydrogen-bond acceptors (Lipinski definition) is 7. The molecule has 1 unspecified atom stereocenters. The normalized spacial score (nSPS) is 14.3. The van der Waals surface area contributed by atoms with Gasteiger partial charge in [0.25, 0.3) is 0 Å². The smallest absolute Gasteiger partial charge is 0.462 e. The molecule has 2 atom stereocenters. The van der Waals surface area contributed by atoms with Gasteiger partial charge in [-0.25, -0.2) is 4.57 Å². The first-order chi connectivity index (χ1) is 27.7. The van der Waals surface area contributed by atoms with Gasteiger partial charge in [-0.15, -0.1) is 0 Å². The van der Waals surface area contributed by atoms with Crippen molar-refractivity contribution in [1.29, 1.82) is 0 Å². The molecular weight excluding hydrogens is 739 g/mol. The van der Waals surface area contributed by atoms with E-state index in [1.807, 2.05) is 12.2 Å². The molecule has 3 N–H and O–H groups in total. The highest BCUT2D eigenvalue weighted by Crippen LogP contribution is 2.36. The standard InChI is InChI=1S/C47H73O9P/c1-3-5-7-9-11-13-15-17-19-21-22-23-25-27-29-31-33-35-37-39-46(49)54-42-45(43-55-57(51,52)53)56-47(50)41-40-44(48)38-36-34-32-30-28-26-24-20-18-16-14-12-10-8-6-4-2/h6,8,11-14,17-20,22-23,26-29,32,34,36,38,44-45,48H,3-5,7,9-10,15-16,21,24-25,30-31,33,35,37,39-43H2,1-2H3,(H2,51,52,53)/b8-6-,13-11-,14-12-,19-17-,20-18-,23-22-,28-26-,29-27-,34-32-,38-36-/t44?,45-/m1/s1. The summed E-state index contributed by atoms with van der Waals surface area (Å²) in [5, 5.41) is 10.2. The van der Waals surface area contributed by atoms with Gasteiger partial charge in [0.1, 0.15) is 6.61 Å². The molecule has 0 aromatic rings. The molecule has 320 valence electrons. The first-order valence-electron chi connectivity index (χ1n) is 20.9. The number of allylic oxidation sites excluding steroid dienone is 19. The average Bonchev–Trinajstić information content (AvgIpc) is 3.18. The Labute approximate surface area is 344 Å². The molecule has 10 heteroatoms. The second-order valence-electron chi connectivity index (χ2n) is 13.4. The number of hydrogen-bond donors (Lipinski definition) is 3. The van der Waals surface area contributed by atoms with Gasteiger partial charge in [-0.05, 0) is 89.9 Å². The van der Waals surface area contributed by atoms with Crippen LogP contribution < -0.4 is 0 Å². The SMILES string of the molecule is CC/C=C\C/C=C\C/C=C\C/C=C\C/C=C\C=C/C(O)CCC(=O)O[C@H](COC(=O)CCCCC/C=C\C/C=C\C/C=C\C/C=C\CCCCC)COP(=O)(O)O. The van der Waals surface area contributed by atoms with E-state index in [1.54, 1.807) is 12.2 Å². The quantitative estimate of drug-likeness (QED) is 0.0185.